The standard InChI is InChI=1S/C17H23N3O4S2/c1-20-16-5-2-12(10-15(16)19-17(20)13-3-4-13)11-18-26(23,24)14-6-8-25(21,22)9-7-14/h2,5,10,13-14,18H,3-4,6-9,11H2,1H3. The highest BCUT2D eigenvalue weighted by Crippen LogP contribution is 2.40. The average Bonchev–Trinajstić information content (AvgIpc) is 3.37. The summed E-state index contributed by atoms with van der Waals surface area (Å²) in [7, 11) is -4.59. The zero-order valence-corrected chi connectivity index (χ0v) is 16.3. The Labute approximate surface area is 153 Å². The molecule has 0 radical (unpaired) electrons. The van der Waals surface area contributed by atoms with Crippen LogP contribution in [0.25, 0.3) is 11.0 Å². The second-order valence-corrected chi connectivity index (χ2v) is 11.7. The summed E-state index contributed by atoms with van der Waals surface area (Å²) in [6, 6.07) is 5.81. The summed E-state index contributed by atoms with van der Waals surface area (Å²) in [5.74, 6) is 1.54. The number of sulfonamides is 1. The third kappa shape index (κ3) is 3.52. The van der Waals surface area contributed by atoms with E-state index in [0.29, 0.717) is 5.92 Å². The van der Waals surface area contributed by atoms with Crippen molar-refractivity contribution < 1.29 is 16.8 Å². The molecule has 0 bridgehead atoms. The maximum absolute atomic E-state index is 12.5. The van der Waals surface area contributed by atoms with Gasteiger partial charge in [-0.1, -0.05) is 6.07 Å². The number of fused-ring (bicyclic) bond motifs is 1. The first-order chi connectivity index (χ1) is 12.3. The van der Waals surface area contributed by atoms with E-state index in [9.17, 15) is 16.8 Å². The molecule has 2 aliphatic rings. The van der Waals surface area contributed by atoms with E-state index in [1.807, 2.05) is 25.2 Å². The minimum atomic E-state index is -3.53. The molecule has 4 rings (SSSR count). The lowest BCUT2D eigenvalue weighted by atomic mass is 10.2. The maximum atomic E-state index is 12.5. The van der Waals surface area contributed by atoms with Crippen LogP contribution in [0.3, 0.4) is 0 Å². The van der Waals surface area contributed by atoms with Gasteiger partial charge in [-0.3, -0.25) is 0 Å². The van der Waals surface area contributed by atoms with E-state index >= 15 is 0 Å². The van der Waals surface area contributed by atoms with Crippen molar-refractivity contribution in [2.75, 3.05) is 11.5 Å². The fraction of sp³-hybridized carbons (Fsp3) is 0.588. The largest absolute Gasteiger partial charge is 0.331 e. The predicted molar refractivity (Wildman–Crippen MR) is 100 cm³/mol. The number of sulfone groups is 1. The van der Waals surface area contributed by atoms with Crippen LogP contribution in [0.15, 0.2) is 18.2 Å². The lowest BCUT2D eigenvalue weighted by Crippen LogP contribution is -2.39. The molecule has 2 fully saturated rings. The van der Waals surface area contributed by atoms with Crippen molar-refractivity contribution in [1.82, 2.24) is 14.3 Å². The molecule has 1 saturated carbocycles. The van der Waals surface area contributed by atoms with Crippen molar-refractivity contribution in [2.45, 2.75) is 43.4 Å². The van der Waals surface area contributed by atoms with Crippen LogP contribution in [0, 0.1) is 0 Å². The fourth-order valence-corrected chi connectivity index (χ4v) is 6.81. The second kappa shape index (κ2) is 6.31. The molecule has 0 amide bonds. The molecule has 7 nitrogen and oxygen atoms in total. The lowest BCUT2D eigenvalue weighted by molar-refractivity contribution is 0.542. The fourth-order valence-electron chi connectivity index (χ4n) is 3.56. The number of rotatable bonds is 5. The quantitative estimate of drug-likeness (QED) is 0.823. The minimum absolute atomic E-state index is 0.0532. The number of nitrogens with one attached hydrogen (secondary N) is 1. The zero-order valence-electron chi connectivity index (χ0n) is 14.7. The summed E-state index contributed by atoms with van der Waals surface area (Å²) in [5, 5.41) is -0.633. The van der Waals surface area contributed by atoms with Gasteiger partial charge in [-0.25, -0.2) is 26.5 Å². The monoisotopic (exact) mass is 397 g/mol. The van der Waals surface area contributed by atoms with Crippen LogP contribution in [0.1, 0.15) is 43.0 Å². The van der Waals surface area contributed by atoms with Crippen LogP contribution in [0.5, 0.6) is 0 Å². The molecular weight excluding hydrogens is 374 g/mol. The Morgan fingerprint density at radius 3 is 2.54 bits per heavy atom. The Hall–Kier alpha value is -1.45. The zero-order chi connectivity index (χ0) is 18.5. The van der Waals surface area contributed by atoms with Gasteiger partial charge in [0.05, 0.1) is 27.8 Å². The Kier molecular flexibility index (Phi) is 4.36. The summed E-state index contributed by atoms with van der Waals surface area (Å²) in [5.41, 5.74) is 2.79. The topological polar surface area (TPSA) is 98.1 Å². The first-order valence-corrected chi connectivity index (χ1v) is 12.3. The molecule has 142 valence electrons. The molecule has 1 aromatic heterocycles. The molecule has 1 N–H and O–H groups in total. The third-order valence-corrected chi connectivity index (χ3v) is 8.95. The number of imidazole rings is 1. The first-order valence-electron chi connectivity index (χ1n) is 8.89. The highest BCUT2D eigenvalue weighted by Gasteiger charge is 2.32. The molecule has 2 heterocycles. The summed E-state index contributed by atoms with van der Waals surface area (Å²) in [6.45, 7) is 0.191. The lowest BCUT2D eigenvalue weighted by Gasteiger charge is -2.22. The third-order valence-electron chi connectivity index (χ3n) is 5.34. The molecule has 0 atom stereocenters. The molecule has 0 unspecified atom stereocenters. The summed E-state index contributed by atoms with van der Waals surface area (Å²) in [4.78, 5) is 4.70. The van der Waals surface area contributed by atoms with Gasteiger partial charge in [0.2, 0.25) is 10.0 Å². The first kappa shape index (κ1) is 17.9. The molecule has 2 aromatic rings. The molecule has 1 aromatic carbocycles. The Balaban J connectivity index is 1.47. The molecule has 1 saturated heterocycles. The van der Waals surface area contributed by atoms with E-state index in [0.717, 1.165) is 22.4 Å². The van der Waals surface area contributed by atoms with Gasteiger partial charge < -0.3 is 4.57 Å². The van der Waals surface area contributed by atoms with Crippen LogP contribution in [-0.4, -0.2) is 43.1 Å². The number of nitrogens with zero attached hydrogens (tertiary/aromatic N) is 2. The minimum Gasteiger partial charge on any atom is -0.331 e. The van der Waals surface area contributed by atoms with Crippen molar-refractivity contribution in [2.24, 2.45) is 7.05 Å². The van der Waals surface area contributed by atoms with Crippen molar-refractivity contribution in [3.63, 3.8) is 0 Å². The van der Waals surface area contributed by atoms with E-state index < -0.39 is 25.1 Å². The molecule has 26 heavy (non-hydrogen) atoms. The summed E-state index contributed by atoms with van der Waals surface area (Å²) in [6.07, 6.45) is 2.70. The van der Waals surface area contributed by atoms with Gasteiger partial charge in [0, 0.05) is 19.5 Å². The Morgan fingerprint density at radius 1 is 1.19 bits per heavy atom. The number of hydrogen-bond acceptors (Lipinski definition) is 5. The van der Waals surface area contributed by atoms with Crippen LogP contribution in [0.4, 0.5) is 0 Å². The predicted octanol–water partition coefficient (Wildman–Crippen LogP) is 1.45. The Morgan fingerprint density at radius 2 is 1.88 bits per heavy atom. The highest BCUT2D eigenvalue weighted by atomic mass is 32.2. The molecule has 0 spiro atoms. The summed E-state index contributed by atoms with van der Waals surface area (Å²) < 4.78 is 52.6. The van der Waals surface area contributed by atoms with Crippen molar-refractivity contribution in [3.05, 3.63) is 29.6 Å². The van der Waals surface area contributed by atoms with Gasteiger partial charge in [0.25, 0.3) is 0 Å². The maximum Gasteiger partial charge on any atom is 0.214 e. The molecule has 1 aliphatic carbocycles. The summed E-state index contributed by atoms with van der Waals surface area (Å²) >= 11 is 0. The van der Waals surface area contributed by atoms with Crippen LogP contribution >= 0.6 is 0 Å². The number of hydrogen-bond donors (Lipinski definition) is 1. The van der Waals surface area contributed by atoms with Gasteiger partial charge in [0.15, 0.2) is 0 Å². The van der Waals surface area contributed by atoms with Crippen molar-refractivity contribution >= 4 is 30.9 Å². The van der Waals surface area contributed by atoms with Gasteiger partial charge in [-0.15, -0.1) is 0 Å². The number of aromatic nitrogens is 2. The van der Waals surface area contributed by atoms with Crippen LogP contribution in [-0.2, 0) is 33.5 Å². The van der Waals surface area contributed by atoms with Crippen molar-refractivity contribution in [3.8, 4) is 0 Å². The van der Waals surface area contributed by atoms with E-state index in [1.165, 1.54) is 12.8 Å². The van der Waals surface area contributed by atoms with E-state index in [1.54, 1.807) is 0 Å². The van der Waals surface area contributed by atoms with Crippen molar-refractivity contribution in [1.29, 1.82) is 0 Å². The van der Waals surface area contributed by atoms with Crippen LogP contribution in [0.2, 0.25) is 0 Å². The van der Waals surface area contributed by atoms with Gasteiger partial charge in [0.1, 0.15) is 15.7 Å². The smallest absolute Gasteiger partial charge is 0.214 e. The molecule has 9 heteroatoms. The molecular formula is C17H23N3O4S2. The normalized spacial score (nSPS) is 21.3. The molecule has 1 aliphatic heterocycles. The highest BCUT2D eigenvalue weighted by molar-refractivity contribution is 7.92. The van der Waals surface area contributed by atoms with E-state index in [4.69, 9.17) is 4.98 Å². The van der Waals surface area contributed by atoms with E-state index in [2.05, 4.69) is 9.29 Å². The average molecular weight is 398 g/mol. The van der Waals surface area contributed by atoms with E-state index in [-0.39, 0.29) is 30.9 Å². The number of aryl methyl sites for hydroxylation is 1. The van der Waals surface area contributed by atoms with Gasteiger partial charge in [-0.2, -0.15) is 0 Å². The second-order valence-electron chi connectivity index (χ2n) is 7.34. The number of benzene rings is 1. The Bertz CT molecular complexity index is 1040. The van der Waals surface area contributed by atoms with Crippen LogP contribution < -0.4 is 4.72 Å². The van der Waals surface area contributed by atoms with Gasteiger partial charge >= 0.3 is 0 Å². The SMILES string of the molecule is Cn1c(C2CC2)nc2cc(CNS(=O)(=O)C3CCS(=O)(=O)CC3)ccc21. The van der Waals surface area contributed by atoms with Gasteiger partial charge in [-0.05, 0) is 43.4 Å².